The van der Waals surface area contributed by atoms with Crippen molar-refractivity contribution in [2.75, 3.05) is 0 Å². The standard InChI is InChI=1S/C7H11.C4H9.Hg/c1-2-7-4-3-6(1)5-7;1-4(2)3;/h6H,1-5H2;4H,1H2,2-3H3;. The first-order valence-electron chi connectivity index (χ1n) is 5.70. The maximum absolute atomic E-state index is 2.41. The molecule has 2 saturated carbocycles. The minimum absolute atomic E-state index is 0.477. The Kier molecular flexibility index (Phi) is 2.84. The van der Waals surface area contributed by atoms with E-state index in [-0.39, 0.29) is 0 Å². The van der Waals surface area contributed by atoms with Gasteiger partial charge in [-0.2, -0.15) is 0 Å². The Bertz CT molecular complexity index is 154. The summed E-state index contributed by atoms with van der Waals surface area (Å²) in [6.45, 7) is 4.83. The van der Waals surface area contributed by atoms with E-state index in [0.29, 0.717) is 0 Å². The van der Waals surface area contributed by atoms with E-state index in [4.69, 9.17) is 0 Å². The van der Waals surface area contributed by atoms with Gasteiger partial charge in [-0.05, 0) is 0 Å². The molecule has 0 heterocycles. The summed E-state index contributed by atoms with van der Waals surface area (Å²) in [4.78, 5) is 0. The molecule has 0 aliphatic heterocycles. The molecule has 0 N–H and O–H groups in total. The average molecular weight is 353 g/mol. The molecule has 66 valence electrons. The molecule has 2 bridgehead atoms. The van der Waals surface area contributed by atoms with Crippen molar-refractivity contribution in [3.05, 3.63) is 0 Å². The first kappa shape index (κ1) is 9.49. The Labute approximate surface area is 88.9 Å². The second-order valence-electron chi connectivity index (χ2n) is 5.58. The van der Waals surface area contributed by atoms with Crippen LogP contribution in [-0.4, -0.2) is 0 Å². The van der Waals surface area contributed by atoms with Crippen molar-refractivity contribution in [3.8, 4) is 0 Å². The minimum atomic E-state index is -0.477. The normalized spacial score (nSPS) is 39.1. The molecule has 2 aliphatic rings. The van der Waals surface area contributed by atoms with Gasteiger partial charge in [0.2, 0.25) is 0 Å². The van der Waals surface area contributed by atoms with Crippen LogP contribution in [0.3, 0.4) is 0 Å². The van der Waals surface area contributed by atoms with Gasteiger partial charge in [0.15, 0.2) is 0 Å². The predicted molar refractivity (Wildman–Crippen MR) is 48.9 cm³/mol. The summed E-state index contributed by atoms with van der Waals surface area (Å²) in [5, 5.41) is 0. The number of hydrogen-bond acceptors (Lipinski definition) is 0. The van der Waals surface area contributed by atoms with E-state index < -0.39 is 24.6 Å². The first-order valence-corrected chi connectivity index (χ1v) is 12.3. The third kappa shape index (κ3) is 1.88. The van der Waals surface area contributed by atoms with Crippen molar-refractivity contribution in [3.63, 3.8) is 0 Å². The average Bonchev–Trinajstić information content (AvgIpc) is 2.60. The Morgan fingerprint density at radius 1 is 1.33 bits per heavy atom. The van der Waals surface area contributed by atoms with Crippen LogP contribution in [0.25, 0.3) is 0 Å². The molecule has 1 heteroatoms. The van der Waals surface area contributed by atoms with E-state index in [0.717, 1.165) is 8.84 Å². The van der Waals surface area contributed by atoms with Crippen LogP contribution < -0.4 is 0 Å². The molecule has 0 radical (unpaired) electrons. The van der Waals surface area contributed by atoms with Crippen LogP contribution in [0.1, 0.15) is 46.0 Å². The van der Waals surface area contributed by atoms with Crippen molar-refractivity contribution in [1.29, 1.82) is 0 Å². The second-order valence-corrected chi connectivity index (χ2v) is 15.6. The molecule has 2 aliphatic carbocycles. The van der Waals surface area contributed by atoms with E-state index in [1.165, 1.54) is 5.92 Å². The Hall–Kier alpha value is 0.935. The Morgan fingerprint density at radius 2 is 2.00 bits per heavy atom. The molecule has 2 fully saturated rings. The van der Waals surface area contributed by atoms with Crippen LogP contribution in [0.15, 0.2) is 0 Å². The number of rotatable bonds is 3. The summed E-state index contributed by atoms with van der Waals surface area (Å²) < 4.78 is 2.75. The predicted octanol–water partition coefficient (Wildman–Crippen LogP) is 3.90. The van der Waals surface area contributed by atoms with E-state index in [1.807, 2.05) is 0 Å². The van der Waals surface area contributed by atoms with Crippen LogP contribution in [0.2, 0.25) is 6.85 Å². The number of fused-ring (bicyclic) bond motifs is 2. The fourth-order valence-electron chi connectivity index (χ4n) is 3.26. The van der Waals surface area contributed by atoms with Gasteiger partial charge in [0.05, 0.1) is 0 Å². The molecule has 0 saturated heterocycles. The van der Waals surface area contributed by atoms with Crippen molar-refractivity contribution in [2.24, 2.45) is 11.8 Å². The topological polar surface area (TPSA) is 0 Å². The summed E-state index contributed by atoms with van der Waals surface area (Å²) in [6, 6.07) is 0. The van der Waals surface area contributed by atoms with Gasteiger partial charge in [0.1, 0.15) is 0 Å². The molecule has 2 rings (SSSR count). The van der Waals surface area contributed by atoms with Crippen molar-refractivity contribution in [1.82, 2.24) is 0 Å². The van der Waals surface area contributed by atoms with E-state index in [9.17, 15) is 0 Å². The van der Waals surface area contributed by atoms with Gasteiger partial charge in [-0.1, -0.05) is 0 Å². The SMILES string of the molecule is CC(C)[CH2][Hg][C]12CCC(CC1)C2. The van der Waals surface area contributed by atoms with Gasteiger partial charge in [0.25, 0.3) is 0 Å². The van der Waals surface area contributed by atoms with Gasteiger partial charge >= 0.3 is 89.2 Å². The zero-order chi connectivity index (χ0) is 8.60. The van der Waals surface area contributed by atoms with Crippen molar-refractivity contribution >= 4 is 0 Å². The molecule has 0 aromatic rings. The second kappa shape index (κ2) is 3.59. The molecule has 0 unspecified atom stereocenters. The molecule has 0 amide bonds. The molecule has 0 atom stereocenters. The Balaban J connectivity index is 1.86. The fraction of sp³-hybridized carbons (Fsp3) is 1.00. The third-order valence-corrected chi connectivity index (χ3v) is 17.7. The summed E-state index contributed by atoms with van der Waals surface area (Å²) in [5.41, 5.74) is 0. The fourth-order valence-corrected chi connectivity index (χ4v) is 13.8. The molecule has 12 heavy (non-hydrogen) atoms. The first-order chi connectivity index (χ1) is 5.70. The van der Waals surface area contributed by atoms with Crippen LogP contribution >= 0.6 is 0 Å². The molecule has 0 aromatic carbocycles. The molecule has 0 spiro atoms. The van der Waals surface area contributed by atoms with Crippen LogP contribution in [0.5, 0.6) is 0 Å². The molecular weight excluding hydrogens is 333 g/mol. The van der Waals surface area contributed by atoms with Gasteiger partial charge in [0, 0.05) is 0 Å². The Morgan fingerprint density at radius 3 is 2.42 bits per heavy atom. The zero-order valence-corrected chi connectivity index (χ0v) is 14.1. The third-order valence-electron chi connectivity index (χ3n) is 4.14. The summed E-state index contributed by atoms with van der Waals surface area (Å²) in [7, 11) is 0. The van der Waals surface area contributed by atoms with Crippen molar-refractivity contribution < 1.29 is 24.6 Å². The molecule has 0 aromatic heterocycles. The zero-order valence-electron chi connectivity index (χ0n) is 8.60. The van der Waals surface area contributed by atoms with Crippen LogP contribution in [-0.2, 0) is 24.6 Å². The maximum atomic E-state index is 2.41. The summed E-state index contributed by atoms with van der Waals surface area (Å²) >= 11 is -0.477. The van der Waals surface area contributed by atoms with E-state index >= 15 is 0 Å². The van der Waals surface area contributed by atoms with Gasteiger partial charge < -0.3 is 0 Å². The van der Waals surface area contributed by atoms with Gasteiger partial charge in [-0.3, -0.25) is 0 Å². The van der Waals surface area contributed by atoms with E-state index in [1.54, 1.807) is 36.0 Å². The summed E-state index contributed by atoms with van der Waals surface area (Å²) in [6.07, 6.45) is 8.22. The van der Waals surface area contributed by atoms with Crippen LogP contribution in [0, 0.1) is 11.8 Å². The summed E-state index contributed by atoms with van der Waals surface area (Å²) in [5.74, 6) is 2.21. The van der Waals surface area contributed by atoms with Crippen LogP contribution in [0.4, 0.5) is 0 Å². The molecule has 0 nitrogen and oxygen atoms in total. The van der Waals surface area contributed by atoms with Crippen molar-refractivity contribution in [2.45, 2.75) is 52.8 Å². The van der Waals surface area contributed by atoms with Gasteiger partial charge in [-0.15, -0.1) is 0 Å². The monoisotopic (exact) mass is 354 g/mol. The van der Waals surface area contributed by atoms with Gasteiger partial charge in [-0.25, -0.2) is 0 Å². The molecular formula is C11H20Hg. The number of hydrogen-bond donors (Lipinski definition) is 0. The van der Waals surface area contributed by atoms with E-state index in [2.05, 4.69) is 13.8 Å². The quantitative estimate of drug-likeness (QED) is 0.676.